The summed E-state index contributed by atoms with van der Waals surface area (Å²) in [6.45, 7) is 3.36. The smallest absolute Gasteiger partial charge is 0.314 e. The van der Waals surface area contributed by atoms with Gasteiger partial charge in [0.05, 0.1) is 0 Å². The molecule has 0 saturated heterocycles. The van der Waals surface area contributed by atoms with Crippen LogP contribution >= 0.6 is 0 Å². The predicted octanol–water partition coefficient (Wildman–Crippen LogP) is 1.33. The van der Waals surface area contributed by atoms with Crippen molar-refractivity contribution < 1.29 is 4.79 Å². The molecule has 1 aromatic heterocycles. The second kappa shape index (κ2) is 6.81. The second-order valence-electron chi connectivity index (χ2n) is 3.25. The third-order valence-electron chi connectivity index (χ3n) is 1.93. The van der Waals surface area contributed by atoms with Crippen molar-refractivity contribution in [2.75, 3.05) is 13.1 Å². The Kier molecular flexibility index (Phi) is 5.22. The molecule has 0 aliphatic carbocycles. The van der Waals surface area contributed by atoms with Gasteiger partial charge in [-0.2, -0.15) is 0 Å². The molecule has 0 atom stereocenters. The third kappa shape index (κ3) is 5.00. The van der Waals surface area contributed by atoms with E-state index in [1.54, 1.807) is 6.20 Å². The van der Waals surface area contributed by atoms with E-state index < -0.39 is 0 Å². The van der Waals surface area contributed by atoms with Gasteiger partial charge >= 0.3 is 6.03 Å². The highest BCUT2D eigenvalue weighted by atomic mass is 16.2. The van der Waals surface area contributed by atoms with E-state index in [0.717, 1.165) is 25.1 Å². The van der Waals surface area contributed by atoms with Crippen LogP contribution in [0.15, 0.2) is 24.4 Å². The monoisotopic (exact) mass is 207 g/mol. The molecule has 0 fully saturated rings. The molecule has 0 bridgehead atoms. The van der Waals surface area contributed by atoms with E-state index in [2.05, 4.69) is 15.6 Å². The first-order chi connectivity index (χ1) is 7.33. The maximum absolute atomic E-state index is 11.1. The van der Waals surface area contributed by atoms with Gasteiger partial charge in [-0.15, -0.1) is 0 Å². The lowest BCUT2D eigenvalue weighted by atomic mass is 10.3. The highest BCUT2D eigenvalue weighted by molar-refractivity contribution is 5.73. The highest BCUT2D eigenvalue weighted by Gasteiger charge is 1.98. The maximum atomic E-state index is 11.1. The van der Waals surface area contributed by atoms with Crippen molar-refractivity contribution >= 4 is 6.03 Å². The average Bonchev–Trinajstić information content (AvgIpc) is 2.28. The minimum absolute atomic E-state index is 0.104. The molecule has 4 heteroatoms. The molecule has 0 spiro atoms. The Morgan fingerprint density at radius 3 is 2.80 bits per heavy atom. The molecule has 0 radical (unpaired) electrons. The quantitative estimate of drug-likeness (QED) is 0.765. The van der Waals surface area contributed by atoms with Crippen LogP contribution in [0.3, 0.4) is 0 Å². The third-order valence-corrected chi connectivity index (χ3v) is 1.93. The molecule has 0 aliphatic rings. The molecule has 0 saturated carbocycles. The lowest BCUT2D eigenvalue weighted by Crippen LogP contribution is -2.36. The van der Waals surface area contributed by atoms with Gasteiger partial charge in [-0.3, -0.25) is 4.98 Å². The Morgan fingerprint density at radius 2 is 2.13 bits per heavy atom. The van der Waals surface area contributed by atoms with Crippen LogP contribution in [-0.4, -0.2) is 24.1 Å². The fourth-order valence-electron chi connectivity index (χ4n) is 1.15. The summed E-state index contributed by atoms with van der Waals surface area (Å²) in [5.74, 6) is 0. The number of hydrogen-bond acceptors (Lipinski definition) is 2. The summed E-state index contributed by atoms with van der Waals surface area (Å²) in [6, 6.07) is 5.67. The maximum Gasteiger partial charge on any atom is 0.314 e. The number of pyridine rings is 1. The molecule has 0 aliphatic heterocycles. The van der Waals surface area contributed by atoms with Gasteiger partial charge < -0.3 is 10.6 Å². The normalized spacial score (nSPS) is 9.67. The highest BCUT2D eigenvalue weighted by Crippen LogP contribution is 1.92. The van der Waals surface area contributed by atoms with Crippen LogP contribution in [0.5, 0.6) is 0 Å². The van der Waals surface area contributed by atoms with E-state index >= 15 is 0 Å². The second-order valence-corrected chi connectivity index (χ2v) is 3.25. The van der Waals surface area contributed by atoms with Gasteiger partial charge in [0.15, 0.2) is 0 Å². The Balaban J connectivity index is 2.14. The lowest BCUT2D eigenvalue weighted by Gasteiger charge is -2.05. The molecule has 15 heavy (non-hydrogen) atoms. The fourth-order valence-corrected chi connectivity index (χ4v) is 1.15. The standard InChI is InChI=1S/C11H17N3O/c1-2-7-13-11(15)14-9-6-10-5-3-4-8-12-10/h3-5,8H,2,6-7,9H2,1H3,(H2,13,14,15). The van der Waals surface area contributed by atoms with Gasteiger partial charge in [-0.05, 0) is 18.6 Å². The number of amides is 2. The lowest BCUT2D eigenvalue weighted by molar-refractivity contribution is 0.241. The summed E-state index contributed by atoms with van der Waals surface area (Å²) >= 11 is 0. The largest absolute Gasteiger partial charge is 0.338 e. The molecule has 2 amide bonds. The molecule has 0 unspecified atom stereocenters. The fraction of sp³-hybridized carbons (Fsp3) is 0.455. The predicted molar refractivity (Wildman–Crippen MR) is 59.6 cm³/mol. The van der Waals surface area contributed by atoms with Gasteiger partial charge in [-0.1, -0.05) is 13.0 Å². The first-order valence-corrected chi connectivity index (χ1v) is 5.24. The number of hydrogen-bond donors (Lipinski definition) is 2. The number of aromatic nitrogens is 1. The number of nitrogens with zero attached hydrogens (tertiary/aromatic N) is 1. The van der Waals surface area contributed by atoms with Gasteiger partial charge in [0.25, 0.3) is 0 Å². The SMILES string of the molecule is CCCNC(=O)NCCc1ccccn1. The average molecular weight is 207 g/mol. The number of rotatable bonds is 5. The van der Waals surface area contributed by atoms with Crippen LogP contribution in [-0.2, 0) is 6.42 Å². The van der Waals surface area contributed by atoms with Crippen molar-refractivity contribution in [1.82, 2.24) is 15.6 Å². The van der Waals surface area contributed by atoms with Crippen LogP contribution in [0, 0.1) is 0 Å². The Morgan fingerprint density at radius 1 is 1.33 bits per heavy atom. The summed E-state index contributed by atoms with van der Waals surface area (Å²) in [5.41, 5.74) is 0.994. The zero-order valence-corrected chi connectivity index (χ0v) is 8.99. The molecule has 1 aromatic rings. The van der Waals surface area contributed by atoms with Gasteiger partial charge in [0.2, 0.25) is 0 Å². The molecule has 1 rings (SSSR count). The Bertz CT molecular complexity index is 287. The Hall–Kier alpha value is -1.58. The summed E-state index contributed by atoms with van der Waals surface area (Å²) in [7, 11) is 0. The summed E-state index contributed by atoms with van der Waals surface area (Å²) < 4.78 is 0. The number of carbonyl (C=O) groups excluding carboxylic acids is 1. The van der Waals surface area contributed by atoms with E-state index in [-0.39, 0.29) is 6.03 Å². The van der Waals surface area contributed by atoms with E-state index in [0.29, 0.717) is 6.54 Å². The van der Waals surface area contributed by atoms with Crippen molar-refractivity contribution in [2.24, 2.45) is 0 Å². The van der Waals surface area contributed by atoms with Crippen molar-refractivity contribution in [1.29, 1.82) is 0 Å². The van der Waals surface area contributed by atoms with E-state index in [4.69, 9.17) is 0 Å². The van der Waals surface area contributed by atoms with E-state index in [9.17, 15) is 4.79 Å². The van der Waals surface area contributed by atoms with Crippen LogP contribution in [0.25, 0.3) is 0 Å². The number of carbonyl (C=O) groups is 1. The van der Waals surface area contributed by atoms with Crippen molar-refractivity contribution in [3.05, 3.63) is 30.1 Å². The molecular formula is C11H17N3O. The van der Waals surface area contributed by atoms with Crippen LogP contribution < -0.4 is 10.6 Å². The van der Waals surface area contributed by atoms with Crippen molar-refractivity contribution in [3.8, 4) is 0 Å². The summed E-state index contributed by atoms with van der Waals surface area (Å²) in [5, 5.41) is 5.52. The molecular weight excluding hydrogens is 190 g/mol. The molecule has 82 valence electrons. The zero-order chi connectivity index (χ0) is 10.9. The van der Waals surface area contributed by atoms with Crippen molar-refractivity contribution in [3.63, 3.8) is 0 Å². The molecule has 0 aromatic carbocycles. The van der Waals surface area contributed by atoms with E-state index in [1.807, 2.05) is 25.1 Å². The minimum atomic E-state index is -0.104. The zero-order valence-electron chi connectivity index (χ0n) is 8.99. The Labute approximate surface area is 90.1 Å². The summed E-state index contributed by atoms with van der Waals surface area (Å²) in [6.07, 6.45) is 3.47. The molecule has 2 N–H and O–H groups in total. The molecule has 1 heterocycles. The summed E-state index contributed by atoms with van der Waals surface area (Å²) in [4.78, 5) is 15.3. The minimum Gasteiger partial charge on any atom is -0.338 e. The first kappa shape index (κ1) is 11.5. The van der Waals surface area contributed by atoms with Crippen molar-refractivity contribution in [2.45, 2.75) is 19.8 Å². The van der Waals surface area contributed by atoms with Gasteiger partial charge in [0, 0.05) is 31.4 Å². The van der Waals surface area contributed by atoms with Crippen LogP contribution in [0.4, 0.5) is 4.79 Å². The van der Waals surface area contributed by atoms with Gasteiger partial charge in [0.1, 0.15) is 0 Å². The topological polar surface area (TPSA) is 54.0 Å². The number of nitrogens with one attached hydrogen (secondary N) is 2. The number of urea groups is 1. The van der Waals surface area contributed by atoms with Crippen LogP contribution in [0.2, 0.25) is 0 Å². The molecule has 4 nitrogen and oxygen atoms in total. The van der Waals surface area contributed by atoms with Crippen LogP contribution in [0.1, 0.15) is 19.0 Å². The van der Waals surface area contributed by atoms with Gasteiger partial charge in [-0.25, -0.2) is 4.79 Å². The van der Waals surface area contributed by atoms with E-state index in [1.165, 1.54) is 0 Å². The first-order valence-electron chi connectivity index (χ1n) is 5.24.